The molecule has 36 nitrogen and oxygen atoms in total. The van der Waals surface area contributed by atoms with E-state index in [0.29, 0.717) is 6.42 Å². The maximum absolute atomic E-state index is 12.8. The SMILES string of the molecule is CC(=O)NC1[C@H](OCCCOCCOCCNC(=O)CCOCC(COCCC(=O)NCCOCCOCCO[C@@H]2OC(CO)[C@H](O)[C@H](O)C2NC(C)=O)(COCCC(=O)NCCOCCOCCO[C@@H]2OC(CO)[C@H](O)[C@H](O)C2NC(C)=O)C(C)(C)C)OC(CO)[C@H](O)[C@@H]1O. The minimum Gasteiger partial charge on any atom is -0.394 e. The van der Waals surface area contributed by atoms with Crippen LogP contribution in [0, 0.1) is 10.8 Å². The molecule has 6 unspecified atom stereocenters. The molecule has 3 rings (SSSR count). The Labute approximate surface area is 559 Å². The van der Waals surface area contributed by atoms with Crippen LogP contribution in [-0.2, 0) is 99.8 Å². The average molecular weight is 1400 g/mol. The number of ether oxygens (including phenoxy) is 15. The van der Waals surface area contributed by atoms with Crippen LogP contribution in [0.1, 0.15) is 67.2 Å². The van der Waals surface area contributed by atoms with E-state index in [1.807, 2.05) is 20.8 Å². The molecular formula is C60H110N6O30. The molecule has 0 aromatic heterocycles. The van der Waals surface area contributed by atoms with Gasteiger partial charge in [0.2, 0.25) is 35.4 Å². The quantitative estimate of drug-likeness (QED) is 0.0252. The molecule has 3 fully saturated rings. The van der Waals surface area contributed by atoms with E-state index in [1.54, 1.807) is 0 Å². The lowest BCUT2D eigenvalue weighted by atomic mass is 9.68. The second kappa shape index (κ2) is 48.6. The lowest BCUT2D eigenvalue weighted by Crippen LogP contribution is -2.64. The molecule has 3 saturated heterocycles. The highest BCUT2D eigenvalue weighted by Crippen LogP contribution is 2.40. The Bertz CT molecular complexity index is 2070. The van der Waals surface area contributed by atoms with Gasteiger partial charge in [-0.05, 0) is 11.8 Å². The van der Waals surface area contributed by atoms with Crippen molar-refractivity contribution in [3.05, 3.63) is 0 Å². The number of carbonyl (C=O) groups excluding carboxylic acids is 6. The van der Waals surface area contributed by atoms with Crippen LogP contribution in [-0.4, -0.2) is 352 Å². The Hall–Kier alpha value is -4.14. The number of hydrogen-bond acceptors (Lipinski definition) is 30. The Morgan fingerprint density at radius 3 is 0.906 bits per heavy atom. The molecule has 0 aliphatic carbocycles. The largest absolute Gasteiger partial charge is 0.394 e. The van der Waals surface area contributed by atoms with E-state index < -0.39 is 140 Å². The minimum atomic E-state index is -1.44. The van der Waals surface area contributed by atoms with Gasteiger partial charge < -0.3 is 149 Å². The molecule has 36 heteroatoms. The number of amides is 6. The third-order valence-corrected chi connectivity index (χ3v) is 15.5. The fraction of sp³-hybridized carbons (Fsp3) is 0.900. The Balaban J connectivity index is 1.37. The third kappa shape index (κ3) is 32.9. The predicted octanol–water partition coefficient (Wildman–Crippen LogP) is -7.04. The minimum absolute atomic E-state index is 0.00263. The summed E-state index contributed by atoms with van der Waals surface area (Å²) in [6, 6.07) is -3.20. The van der Waals surface area contributed by atoms with E-state index in [1.165, 1.54) is 20.8 Å². The summed E-state index contributed by atoms with van der Waals surface area (Å²) < 4.78 is 85.2. The molecule has 0 spiro atoms. The van der Waals surface area contributed by atoms with Gasteiger partial charge in [-0.2, -0.15) is 0 Å². The van der Waals surface area contributed by atoms with E-state index in [4.69, 9.17) is 71.1 Å². The summed E-state index contributed by atoms with van der Waals surface area (Å²) in [5.74, 6) is -2.27. The highest BCUT2D eigenvalue weighted by Gasteiger charge is 2.48. The molecule has 0 aromatic rings. The normalized spacial score (nSPS) is 26.7. The second-order valence-electron chi connectivity index (χ2n) is 23.9. The summed E-state index contributed by atoms with van der Waals surface area (Å²) in [5.41, 5.74) is -1.36. The van der Waals surface area contributed by atoms with Crippen molar-refractivity contribution in [3.63, 3.8) is 0 Å². The van der Waals surface area contributed by atoms with Gasteiger partial charge >= 0.3 is 0 Å². The highest BCUT2D eigenvalue weighted by atomic mass is 16.7. The van der Waals surface area contributed by atoms with Gasteiger partial charge in [-0.15, -0.1) is 0 Å². The molecule has 96 heavy (non-hydrogen) atoms. The Morgan fingerprint density at radius 1 is 0.354 bits per heavy atom. The first-order chi connectivity index (χ1) is 45.9. The molecule has 3 aliphatic heterocycles. The highest BCUT2D eigenvalue weighted by molar-refractivity contribution is 5.77. The topological polar surface area (TPSA) is 495 Å². The van der Waals surface area contributed by atoms with Crippen LogP contribution in [0.2, 0.25) is 0 Å². The van der Waals surface area contributed by atoms with Crippen LogP contribution in [0.4, 0.5) is 0 Å². The van der Waals surface area contributed by atoms with Crippen molar-refractivity contribution in [1.29, 1.82) is 0 Å². The van der Waals surface area contributed by atoms with E-state index >= 15 is 0 Å². The maximum atomic E-state index is 12.8. The Morgan fingerprint density at radius 2 is 0.625 bits per heavy atom. The van der Waals surface area contributed by atoms with Crippen LogP contribution >= 0.6 is 0 Å². The van der Waals surface area contributed by atoms with E-state index in [9.17, 15) is 74.7 Å². The van der Waals surface area contributed by atoms with Gasteiger partial charge in [0.25, 0.3) is 0 Å². The summed E-state index contributed by atoms with van der Waals surface area (Å²) in [6.07, 6.45) is -14.8. The zero-order valence-corrected chi connectivity index (χ0v) is 56.2. The first-order valence-electron chi connectivity index (χ1n) is 32.4. The molecule has 0 radical (unpaired) electrons. The first kappa shape index (κ1) is 86.1. The lowest BCUT2D eigenvalue weighted by molar-refractivity contribution is -0.272. The molecule has 15 N–H and O–H groups in total. The van der Waals surface area contributed by atoms with E-state index in [-0.39, 0.29) is 195 Å². The van der Waals surface area contributed by atoms with Gasteiger partial charge in [-0.25, -0.2) is 0 Å². The smallest absolute Gasteiger partial charge is 0.222 e. The van der Waals surface area contributed by atoms with E-state index in [2.05, 4.69) is 31.9 Å². The average Bonchev–Trinajstić information content (AvgIpc) is 0.860. The van der Waals surface area contributed by atoms with Gasteiger partial charge in [0.1, 0.15) is 73.1 Å². The van der Waals surface area contributed by atoms with E-state index in [0.717, 1.165) is 0 Å². The zero-order valence-electron chi connectivity index (χ0n) is 56.2. The van der Waals surface area contributed by atoms with Gasteiger partial charge in [0.05, 0.1) is 152 Å². The standard InChI is InChI=1S/C60H110N6O30/c1-38(70)64-47-53(79)50(76)41(32-67)94-56(47)91-15-7-14-82-22-23-83-19-11-61-44(73)8-16-88-35-60(59(4,5)6,36-89-17-9-45(74)62-12-20-84-24-26-86-28-30-92-57-48(65-39(2)71)54(80)51(77)42(33-68)95-57)37-90-18-10-46(75)63-13-21-85-25-27-87-29-31-93-58-49(66-40(3)72)55(81)52(78)43(34-69)96-58/h41-43,47-58,67-69,76-81H,7-37H2,1-6H3,(H,61,73)(H,62,74)(H,63,75)(H,64,70)(H,65,71)(H,66,72)/t41?,42?,43?,47?,48?,49?,50-,51-,52-,53+,54+,55+,56+,57+,58+,60?/m0/s1. The van der Waals surface area contributed by atoms with Crippen molar-refractivity contribution in [2.75, 3.05) is 178 Å². The predicted molar refractivity (Wildman–Crippen MR) is 331 cm³/mol. The molecule has 0 aromatic carbocycles. The molecule has 3 heterocycles. The fourth-order valence-electron chi connectivity index (χ4n) is 9.74. The van der Waals surface area contributed by atoms with Crippen LogP contribution in [0.3, 0.4) is 0 Å². The molecule has 0 saturated carbocycles. The number of hydrogen-bond donors (Lipinski definition) is 15. The molecule has 560 valence electrons. The first-order valence-corrected chi connectivity index (χ1v) is 32.4. The van der Waals surface area contributed by atoms with Crippen LogP contribution < -0.4 is 31.9 Å². The van der Waals surface area contributed by atoms with Gasteiger partial charge in [0.15, 0.2) is 18.9 Å². The second-order valence-corrected chi connectivity index (χ2v) is 23.9. The summed E-state index contributed by atoms with van der Waals surface area (Å²) in [6.45, 7) is 11.4. The van der Waals surface area contributed by atoms with Crippen molar-refractivity contribution in [3.8, 4) is 0 Å². The van der Waals surface area contributed by atoms with Crippen molar-refractivity contribution in [2.45, 2.75) is 159 Å². The molecule has 0 bridgehead atoms. The third-order valence-electron chi connectivity index (χ3n) is 15.5. The van der Waals surface area contributed by atoms with Gasteiger partial charge in [-0.1, -0.05) is 20.8 Å². The van der Waals surface area contributed by atoms with Crippen LogP contribution in [0.5, 0.6) is 0 Å². The van der Waals surface area contributed by atoms with Crippen molar-refractivity contribution < 1.29 is 146 Å². The van der Waals surface area contributed by atoms with Crippen LogP contribution in [0.25, 0.3) is 0 Å². The number of aliphatic hydroxyl groups is 9. The molecule has 6 amide bonds. The monoisotopic (exact) mass is 1390 g/mol. The van der Waals surface area contributed by atoms with Crippen molar-refractivity contribution >= 4 is 35.4 Å². The molecule has 15 atom stereocenters. The maximum Gasteiger partial charge on any atom is 0.222 e. The fourth-order valence-corrected chi connectivity index (χ4v) is 9.74. The number of rotatable bonds is 52. The van der Waals surface area contributed by atoms with Crippen molar-refractivity contribution in [1.82, 2.24) is 31.9 Å². The summed E-state index contributed by atoms with van der Waals surface area (Å²) in [5, 5.41) is 106. The lowest BCUT2D eigenvalue weighted by Gasteiger charge is -2.44. The number of nitrogens with one attached hydrogen (secondary N) is 6. The molecular weight excluding hydrogens is 1280 g/mol. The Kier molecular flexibility index (Phi) is 43.6. The number of aliphatic hydroxyl groups excluding tert-OH is 9. The summed E-state index contributed by atoms with van der Waals surface area (Å²) in [4.78, 5) is 73.4. The molecule has 3 aliphatic rings. The van der Waals surface area contributed by atoms with Gasteiger partial charge in [0, 0.05) is 71.7 Å². The summed E-state index contributed by atoms with van der Waals surface area (Å²) >= 11 is 0. The van der Waals surface area contributed by atoms with Crippen LogP contribution in [0.15, 0.2) is 0 Å². The van der Waals surface area contributed by atoms with Crippen molar-refractivity contribution in [2.24, 2.45) is 10.8 Å². The number of carbonyl (C=O) groups is 6. The zero-order chi connectivity index (χ0) is 70.9. The summed E-state index contributed by atoms with van der Waals surface area (Å²) in [7, 11) is 0. The van der Waals surface area contributed by atoms with Gasteiger partial charge in [-0.3, -0.25) is 28.8 Å².